The molecule has 2 aromatic rings. The Bertz CT molecular complexity index is 541. The van der Waals surface area contributed by atoms with Crippen LogP contribution < -0.4 is 10.5 Å². The molecule has 1 heterocycles. The lowest BCUT2D eigenvalue weighted by molar-refractivity contribution is 0.276. The second-order valence-corrected chi connectivity index (χ2v) is 4.03. The molecule has 0 radical (unpaired) electrons. The van der Waals surface area contributed by atoms with Crippen molar-refractivity contribution in [2.75, 3.05) is 0 Å². The molecular weight excluding hydrogens is 228 g/mol. The summed E-state index contributed by atoms with van der Waals surface area (Å²) in [5.41, 5.74) is 8.17. The maximum Gasteiger partial charge on any atom is 0.219 e. The third-order valence-electron chi connectivity index (χ3n) is 2.58. The number of para-hydroxylation sites is 1. The number of hydrogen-bond acceptors (Lipinski definition) is 4. The number of rotatable bonds is 4. The summed E-state index contributed by atoms with van der Waals surface area (Å²) in [6, 6.07) is 11.1. The summed E-state index contributed by atoms with van der Waals surface area (Å²) in [5.74, 6) is 1.11. The normalized spacial score (nSPS) is 10.4. The lowest BCUT2D eigenvalue weighted by Gasteiger charge is -2.10. The molecule has 0 spiro atoms. The van der Waals surface area contributed by atoms with Crippen LogP contribution in [0.15, 0.2) is 36.4 Å². The molecule has 94 valence electrons. The van der Waals surface area contributed by atoms with Crippen molar-refractivity contribution in [3.63, 3.8) is 0 Å². The summed E-state index contributed by atoms with van der Waals surface area (Å²) in [6.07, 6.45) is 0. The van der Waals surface area contributed by atoms with E-state index in [1.807, 2.05) is 31.2 Å². The Kier molecular flexibility index (Phi) is 3.92. The van der Waals surface area contributed by atoms with Gasteiger partial charge in [0, 0.05) is 23.9 Å². The van der Waals surface area contributed by atoms with E-state index in [0.29, 0.717) is 18.2 Å². The average Bonchev–Trinajstić information content (AvgIpc) is 2.38. The van der Waals surface area contributed by atoms with Crippen molar-refractivity contribution in [2.24, 2.45) is 5.73 Å². The van der Waals surface area contributed by atoms with Gasteiger partial charge in [0.2, 0.25) is 5.88 Å². The predicted octanol–water partition coefficient (Wildman–Crippen LogP) is 2.13. The van der Waals surface area contributed by atoms with Crippen LogP contribution in [0.2, 0.25) is 0 Å². The van der Waals surface area contributed by atoms with Gasteiger partial charge in [-0.3, -0.25) is 0 Å². The maximum absolute atomic E-state index is 9.23. The van der Waals surface area contributed by atoms with E-state index < -0.39 is 0 Å². The summed E-state index contributed by atoms with van der Waals surface area (Å²) >= 11 is 0. The van der Waals surface area contributed by atoms with Gasteiger partial charge in [0.05, 0.1) is 6.61 Å². The van der Waals surface area contributed by atoms with Crippen molar-refractivity contribution >= 4 is 0 Å². The SMILES string of the molecule is Cc1cc(CN)cc(Oc2ccccc2CO)n1. The molecule has 0 unspecified atom stereocenters. The smallest absolute Gasteiger partial charge is 0.219 e. The monoisotopic (exact) mass is 244 g/mol. The number of hydrogen-bond donors (Lipinski definition) is 2. The zero-order chi connectivity index (χ0) is 13.0. The minimum atomic E-state index is -0.0638. The molecular formula is C14H16N2O2. The fourth-order valence-electron chi connectivity index (χ4n) is 1.72. The number of nitrogens with zero attached hydrogens (tertiary/aromatic N) is 1. The van der Waals surface area contributed by atoms with Crippen molar-refractivity contribution in [1.82, 2.24) is 4.98 Å². The van der Waals surface area contributed by atoms with E-state index in [1.54, 1.807) is 12.1 Å². The van der Waals surface area contributed by atoms with Gasteiger partial charge in [-0.05, 0) is 24.6 Å². The Balaban J connectivity index is 2.30. The summed E-state index contributed by atoms with van der Waals surface area (Å²) in [7, 11) is 0. The van der Waals surface area contributed by atoms with Gasteiger partial charge in [-0.1, -0.05) is 18.2 Å². The molecule has 0 aliphatic carbocycles. The average molecular weight is 244 g/mol. The molecule has 3 N–H and O–H groups in total. The van der Waals surface area contributed by atoms with Crippen LogP contribution in [0.25, 0.3) is 0 Å². The summed E-state index contributed by atoms with van der Waals surface area (Å²) < 4.78 is 5.70. The minimum absolute atomic E-state index is 0.0638. The topological polar surface area (TPSA) is 68.4 Å². The minimum Gasteiger partial charge on any atom is -0.439 e. The Morgan fingerprint density at radius 2 is 2.06 bits per heavy atom. The van der Waals surface area contributed by atoms with Crippen molar-refractivity contribution in [2.45, 2.75) is 20.1 Å². The van der Waals surface area contributed by atoms with E-state index in [-0.39, 0.29) is 6.61 Å². The summed E-state index contributed by atoms with van der Waals surface area (Å²) in [4.78, 5) is 4.29. The highest BCUT2D eigenvalue weighted by Crippen LogP contribution is 2.24. The molecule has 0 fully saturated rings. The van der Waals surface area contributed by atoms with E-state index in [0.717, 1.165) is 16.8 Å². The standard InChI is InChI=1S/C14H16N2O2/c1-10-6-11(8-15)7-14(16-10)18-13-5-3-2-4-12(13)9-17/h2-7,17H,8-9,15H2,1H3. The van der Waals surface area contributed by atoms with Gasteiger partial charge in [0.25, 0.3) is 0 Å². The fourth-order valence-corrected chi connectivity index (χ4v) is 1.72. The summed E-state index contributed by atoms with van der Waals surface area (Å²) in [5, 5.41) is 9.23. The Labute approximate surface area is 106 Å². The van der Waals surface area contributed by atoms with Crippen molar-refractivity contribution in [1.29, 1.82) is 0 Å². The molecule has 0 saturated carbocycles. The molecule has 1 aromatic heterocycles. The molecule has 0 aliphatic rings. The first-order valence-corrected chi connectivity index (χ1v) is 5.77. The Hall–Kier alpha value is -1.91. The van der Waals surface area contributed by atoms with Gasteiger partial charge in [-0.2, -0.15) is 0 Å². The number of benzene rings is 1. The van der Waals surface area contributed by atoms with E-state index in [9.17, 15) is 5.11 Å². The van der Waals surface area contributed by atoms with Gasteiger partial charge in [0.1, 0.15) is 5.75 Å². The number of aliphatic hydroxyl groups is 1. The lowest BCUT2D eigenvalue weighted by Crippen LogP contribution is -2.00. The highest BCUT2D eigenvalue weighted by molar-refractivity contribution is 5.36. The van der Waals surface area contributed by atoms with Crippen LogP contribution in [0.3, 0.4) is 0 Å². The molecule has 0 saturated heterocycles. The molecule has 18 heavy (non-hydrogen) atoms. The highest BCUT2D eigenvalue weighted by Gasteiger charge is 2.05. The lowest BCUT2D eigenvalue weighted by atomic mass is 10.2. The number of pyridine rings is 1. The first-order chi connectivity index (χ1) is 8.72. The number of aromatic nitrogens is 1. The van der Waals surface area contributed by atoms with Gasteiger partial charge in [0.15, 0.2) is 0 Å². The molecule has 4 heteroatoms. The molecule has 0 bridgehead atoms. The van der Waals surface area contributed by atoms with Gasteiger partial charge in [-0.15, -0.1) is 0 Å². The zero-order valence-electron chi connectivity index (χ0n) is 10.3. The number of aliphatic hydroxyl groups excluding tert-OH is 1. The molecule has 2 rings (SSSR count). The summed E-state index contributed by atoms with van der Waals surface area (Å²) in [6.45, 7) is 2.27. The van der Waals surface area contributed by atoms with Crippen LogP contribution in [-0.2, 0) is 13.2 Å². The second-order valence-electron chi connectivity index (χ2n) is 4.03. The van der Waals surface area contributed by atoms with E-state index >= 15 is 0 Å². The third-order valence-corrected chi connectivity index (χ3v) is 2.58. The van der Waals surface area contributed by atoms with Crippen LogP contribution in [0.4, 0.5) is 0 Å². The molecule has 0 amide bonds. The highest BCUT2D eigenvalue weighted by atomic mass is 16.5. The quantitative estimate of drug-likeness (QED) is 0.864. The van der Waals surface area contributed by atoms with E-state index in [1.165, 1.54) is 0 Å². The third kappa shape index (κ3) is 2.85. The number of aryl methyl sites for hydroxylation is 1. The zero-order valence-corrected chi connectivity index (χ0v) is 10.3. The Morgan fingerprint density at radius 1 is 1.28 bits per heavy atom. The van der Waals surface area contributed by atoms with Crippen LogP contribution in [0.5, 0.6) is 11.6 Å². The van der Waals surface area contributed by atoms with Crippen LogP contribution in [-0.4, -0.2) is 10.1 Å². The predicted molar refractivity (Wildman–Crippen MR) is 69.3 cm³/mol. The van der Waals surface area contributed by atoms with Crippen LogP contribution in [0, 0.1) is 6.92 Å². The van der Waals surface area contributed by atoms with Crippen molar-refractivity contribution in [3.05, 3.63) is 53.2 Å². The molecule has 0 aliphatic heterocycles. The van der Waals surface area contributed by atoms with Gasteiger partial charge in [-0.25, -0.2) is 4.98 Å². The maximum atomic E-state index is 9.23. The molecule has 1 aromatic carbocycles. The first-order valence-electron chi connectivity index (χ1n) is 5.77. The Morgan fingerprint density at radius 3 is 2.78 bits per heavy atom. The van der Waals surface area contributed by atoms with Gasteiger partial charge < -0.3 is 15.6 Å². The number of nitrogens with two attached hydrogens (primary N) is 1. The fraction of sp³-hybridized carbons (Fsp3) is 0.214. The van der Waals surface area contributed by atoms with Gasteiger partial charge >= 0.3 is 0 Å². The van der Waals surface area contributed by atoms with Crippen LogP contribution in [0.1, 0.15) is 16.8 Å². The number of ether oxygens (including phenoxy) is 1. The largest absolute Gasteiger partial charge is 0.439 e. The molecule has 4 nitrogen and oxygen atoms in total. The second kappa shape index (κ2) is 5.62. The van der Waals surface area contributed by atoms with Crippen molar-refractivity contribution in [3.8, 4) is 11.6 Å². The van der Waals surface area contributed by atoms with E-state index in [4.69, 9.17) is 10.5 Å². The van der Waals surface area contributed by atoms with Crippen molar-refractivity contribution < 1.29 is 9.84 Å². The first kappa shape index (κ1) is 12.5. The molecule has 0 atom stereocenters. The van der Waals surface area contributed by atoms with Crippen LogP contribution >= 0.6 is 0 Å². The van der Waals surface area contributed by atoms with E-state index in [2.05, 4.69) is 4.98 Å².